The van der Waals surface area contributed by atoms with Crippen molar-refractivity contribution in [3.8, 4) is 0 Å². The molecule has 0 saturated carbocycles. The molecule has 2 unspecified atom stereocenters. The minimum Gasteiger partial charge on any atom is -0.477 e. The van der Waals surface area contributed by atoms with Gasteiger partial charge in [-0.15, -0.1) is 0 Å². The Labute approximate surface area is 114 Å². The summed E-state index contributed by atoms with van der Waals surface area (Å²) in [4.78, 5) is 11.1. The third-order valence-electron chi connectivity index (χ3n) is 3.26. The maximum Gasteiger partial charge on any atom is 0.367 e. The van der Waals surface area contributed by atoms with Crippen molar-refractivity contribution >= 4 is 5.97 Å². The van der Waals surface area contributed by atoms with E-state index in [-0.39, 0.29) is 0 Å². The van der Waals surface area contributed by atoms with Gasteiger partial charge < -0.3 is 45.8 Å². The molecule has 1 heterocycles. The van der Waals surface area contributed by atoms with Crippen molar-refractivity contribution in [2.45, 2.75) is 42.3 Å². The first-order valence-electron chi connectivity index (χ1n) is 5.77. The predicted octanol–water partition coefficient (Wildman–Crippen LogP) is -4.42. The Balaban J connectivity index is 3.09. The van der Waals surface area contributed by atoms with Gasteiger partial charge in [-0.3, -0.25) is 0 Å². The number of ether oxygens (including phenoxy) is 2. The summed E-state index contributed by atoms with van der Waals surface area (Å²) in [5.41, 5.74) is 5.59. The molecule has 1 aliphatic heterocycles. The quantitative estimate of drug-likeness (QED) is 0.261. The molecule has 0 bridgehead atoms. The molecule has 0 spiro atoms. The summed E-state index contributed by atoms with van der Waals surface area (Å²) in [6.45, 7) is -0.844. The summed E-state index contributed by atoms with van der Waals surface area (Å²) in [5, 5.41) is 56.7. The van der Waals surface area contributed by atoms with Crippen molar-refractivity contribution in [2.24, 2.45) is 5.73 Å². The molecule has 1 fully saturated rings. The zero-order valence-electron chi connectivity index (χ0n) is 10.7. The van der Waals surface area contributed by atoms with Gasteiger partial charge >= 0.3 is 5.97 Å². The number of hydrogen-bond acceptors (Lipinski definition) is 9. The van der Waals surface area contributed by atoms with Crippen molar-refractivity contribution in [1.29, 1.82) is 0 Å². The van der Waals surface area contributed by atoms with Crippen LogP contribution in [0.5, 0.6) is 0 Å². The fourth-order valence-corrected chi connectivity index (χ4v) is 2.08. The van der Waals surface area contributed by atoms with E-state index in [1.807, 2.05) is 0 Å². The molecule has 10 nitrogen and oxygen atoms in total. The van der Waals surface area contributed by atoms with Gasteiger partial charge in [0.05, 0.1) is 12.6 Å². The summed E-state index contributed by atoms with van der Waals surface area (Å²) in [6, 6.07) is -1.35. The van der Waals surface area contributed by atoms with Crippen molar-refractivity contribution < 1.29 is 44.9 Å². The topological polar surface area (TPSA) is 183 Å². The zero-order valence-corrected chi connectivity index (χ0v) is 10.7. The van der Waals surface area contributed by atoms with Crippen molar-refractivity contribution in [3.63, 3.8) is 0 Å². The fourth-order valence-electron chi connectivity index (χ4n) is 2.08. The first kappa shape index (κ1) is 17.2. The van der Waals surface area contributed by atoms with Crippen LogP contribution in [0.3, 0.4) is 0 Å². The number of rotatable bonds is 5. The second-order valence-electron chi connectivity index (χ2n) is 4.55. The van der Waals surface area contributed by atoms with Crippen LogP contribution in [0.1, 0.15) is 0 Å². The van der Waals surface area contributed by atoms with Crippen LogP contribution in [0, 0.1) is 0 Å². The van der Waals surface area contributed by atoms with Crippen molar-refractivity contribution in [1.82, 2.24) is 0 Å². The SMILES string of the molecule is COC1[C@H](O)[C@@H](N)[C@H]([C@H](O)[C@H](O)CO)OC1(O)C(=O)O. The molecule has 0 amide bonds. The van der Waals surface area contributed by atoms with Crippen LogP contribution in [-0.4, -0.2) is 92.7 Å². The van der Waals surface area contributed by atoms with Crippen molar-refractivity contribution in [3.05, 3.63) is 0 Å². The van der Waals surface area contributed by atoms with E-state index >= 15 is 0 Å². The number of aliphatic carboxylic acids is 1. The highest BCUT2D eigenvalue weighted by Gasteiger charge is 2.59. The lowest BCUT2D eigenvalue weighted by molar-refractivity contribution is -0.334. The van der Waals surface area contributed by atoms with Gasteiger partial charge in [0.2, 0.25) is 0 Å². The molecule has 0 aromatic heterocycles. The number of methoxy groups -OCH3 is 1. The van der Waals surface area contributed by atoms with Crippen LogP contribution >= 0.6 is 0 Å². The van der Waals surface area contributed by atoms with Crippen molar-refractivity contribution in [2.75, 3.05) is 13.7 Å². The largest absolute Gasteiger partial charge is 0.477 e. The zero-order chi connectivity index (χ0) is 15.7. The Morgan fingerprint density at radius 3 is 2.45 bits per heavy atom. The second kappa shape index (κ2) is 6.28. The van der Waals surface area contributed by atoms with E-state index in [2.05, 4.69) is 4.74 Å². The Bertz CT molecular complexity index is 354. The van der Waals surface area contributed by atoms with Crippen LogP contribution in [0.4, 0.5) is 0 Å². The molecule has 0 aromatic carbocycles. The summed E-state index contributed by atoms with van der Waals surface area (Å²) in [5.74, 6) is -4.81. The average molecular weight is 297 g/mol. The molecule has 118 valence electrons. The van der Waals surface area contributed by atoms with Crippen LogP contribution in [0.15, 0.2) is 0 Å². The van der Waals surface area contributed by atoms with Crippen LogP contribution in [0.2, 0.25) is 0 Å². The van der Waals surface area contributed by atoms with Gasteiger partial charge in [0.25, 0.3) is 5.79 Å². The molecular formula is C10H19NO9. The highest BCUT2D eigenvalue weighted by atomic mass is 16.7. The molecular weight excluding hydrogens is 278 g/mol. The van der Waals surface area contributed by atoms with Gasteiger partial charge in [-0.25, -0.2) is 4.79 Å². The van der Waals surface area contributed by atoms with E-state index in [0.29, 0.717) is 0 Å². The van der Waals surface area contributed by atoms with E-state index in [9.17, 15) is 25.2 Å². The minimum atomic E-state index is -2.95. The molecule has 10 heteroatoms. The number of carboxylic acids is 1. The highest BCUT2D eigenvalue weighted by Crippen LogP contribution is 2.31. The van der Waals surface area contributed by atoms with E-state index in [1.54, 1.807) is 0 Å². The second-order valence-corrected chi connectivity index (χ2v) is 4.55. The summed E-state index contributed by atoms with van der Waals surface area (Å²) >= 11 is 0. The van der Waals surface area contributed by atoms with Crippen LogP contribution in [-0.2, 0) is 14.3 Å². The molecule has 1 rings (SSSR count). The summed E-state index contributed by atoms with van der Waals surface area (Å²) in [6.07, 6.45) is -8.49. The number of aliphatic hydroxyl groups excluding tert-OH is 4. The predicted molar refractivity (Wildman–Crippen MR) is 61.3 cm³/mol. The molecule has 0 radical (unpaired) electrons. The maximum absolute atomic E-state index is 11.1. The van der Waals surface area contributed by atoms with Gasteiger partial charge in [-0.05, 0) is 0 Å². The molecule has 0 aliphatic carbocycles. The van der Waals surface area contributed by atoms with Gasteiger partial charge in [0, 0.05) is 7.11 Å². The van der Waals surface area contributed by atoms with E-state index in [0.717, 1.165) is 7.11 Å². The monoisotopic (exact) mass is 297 g/mol. The highest BCUT2D eigenvalue weighted by molar-refractivity contribution is 5.76. The molecule has 7 atom stereocenters. The molecule has 8 N–H and O–H groups in total. The number of nitrogens with two attached hydrogens (primary N) is 1. The minimum absolute atomic E-state index is 0.844. The number of hydrogen-bond donors (Lipinski definition) is 7. The molecule has 20 heavy (non-hydrogen) atoms. The Morgan fingerprint density at radius 2 is 2.05 bits per heavy atom. The average Bonchev–Trinajstić information content (AvgIpc) is 2.41. The molecule has 0 aromatic rings. The van der Waals surface area contributed by atoms with Gasteiger partial charge in [0.15, 0.2) is 0 Å². The van der Waals surface area contributed by atoms with Crippen LogP contribution < -0.4 is 5.73 Å². The molecule has 1 aliphatic rings. The Hall–Kier alpha value is -0.850. The van der Waals surface area contributed by atoms with Gasteiger partial charge in [0.1, 0.15) is 30.5 Å². The van der Waals surface area contributed by atoms with Gasteiger partial charge in [-0.1, -0.05) is 0 Å². The lowest BCUT2D eigenvalue weighted by Crippen LogP contribution is -2.72. The van der Waals surface area contributed by atoms with E-state index in [1.165, 1.54) is 0 Å². The first-order chi connectivity index (χ1) is 9.20. The van der Waals surface area contributed by atoms with Gasteiger partial charge in [-0.2, -0.15) is 0 Å². The van der Waals surface area contributed by atoms with E-state index in [4.69, 9.17) is 20.7 Å². The standard InChI is InChI=1S/C10H19NO9/c1-19-8-6(15)4(11)7(5(14)3(13)2-12)20-10(8,18)9(16)17/h3-8,12-15,18H,2,11H2,1H3,(H,16,17)/t3-,4-,5-,6-,7-,8?,10?/m1/s1. The fraction of sp³-hybridized carbons (Fsp3) is 0.900. The Morgan fingerprint density at radius 1 is 1.50 bits per heavy atom. The lowest BCUT2D eigenvalue weighted by Gasteiger charge is -2.47. The third kappa shape index (κ3) is 2.77. The smallest absolute Gasteiger partial charge is 0.367 e. The summed E-state index contributed by atoms with van der Waals surface area (Å²) < 4.78 is 9.52. The van der Waals surface area contributed by atoms with Crippen LogP contribution in [0.25, 0.3) is 0 Å². The normalized spacial score (nSPS) is 41.1. The lowest BCUT2D eigenvalue weighted by atomic mass is 9.87. The van der Waals surface area contributed by atoms with E-state index < -0.39 is 54.9 Å². The molecule has 1 saturated heterocycles. The maximum atomic E-state index is 11.1. The third-order valence-corrected chi connectivity index (χ3v) is 3.26. The number of aliphatic hydroxyl groups is 5. The Kier molecular flexibility index (Phi) is 5.40. The number of carboxylic acid groups (broad SMARTS) is 1. The first-order valence-corrected chi connectivity index (χ1v) is 5.77. The number of carbonyl (C=O) groups is 1. The summed E-state index contributed by atoms with van der Waals surface area (Å²) in [7, 11) is 1.04.